The highest BCUT2D eigenvalue weighted by Gasteiger charge is 2.59. The van der Waals surface area contributed by atoms with E-state index in [9.17, 15) is 19.5 Å². The lowest BCUT2D eigenvalue weighted by atomic mass is 9.69. The summed E-state index contributed by atoms with van der Waals surface area (Å²) in [4.78, 5) is 41.4. The molecule has 0 aromatic rings. The fraction of sp³-hybridized carbons (Fsp3) is 0.783. The van der Waals surface area contributed by atoms with Gasteiger partial charge in [0.25, 0.3) is 0 Å². The Bertz CT molecular complexity index is 660. The third-order valence-electron chi connectivity index (χ3n) is 6.24. The summed E-state index contributed by atoms with van der Waals surface area (Å²) in [6.07, 6.45) is 5.58. The number of hydrogen-bond donors (Lipinski definition) is 2. The van der Waals surface area contributed by atoms with Gasteiger partial charge in [-0.25, -0.2) is 0 Å². The summed E-state index contributed by atoms with van der Waals surface area (Å²) in [5, 5.41) is 13.0. The van der Waals surface area contributed by atoms with Gasteiger partial charge in [-0.1, -0.05) is 39.3 Å². The number of nitrogens with zero attached hydrogens (tertiary/aromatic N) is 1. The number of fused-ring (bicyclic) bond motifs is 1. The van der Waals surface area contributed by atoms with Crippen LogP contribution in [0.4, 0.5) is 0 Å². The number of nitrogens with one attached hydrogen (secondary N) is 1. The molecule has 1 aliphatic heterocycles. The minimum atomic E-state index is -0.750. The highest BCUT2D eigenvalue weighted by Crippen LogP contribution is 2.46. The van der Waals surface area contributed by atoms with Crippen molar-refractivity contribution >= 4 is 17.8 Å². The molecule has 170 valence electrons. The predicted octanol–water partition coefficient (Wildman–Crippen LogP) is 2.14. The molecule has 1 saturated heterocycles. The molecular formula is C23H38N2O5. The van der Waals surface area contributed by atoms with Crippen molar-refractivity contribution in [1.29, 1.82) is 0 Å². The first-order chi connectivity index (χ1) is 14.2. The molecule has 1 heterocycles. The van der Waals surface area contributed by atoms with Crippen LogP contribution in [0, 0.1) is 29.6 Å². The molecule has 1 aliphatic carbocycles. The standard InChI is InChI=1S/C23H38N2O5/c1-7-9-15-10-11-16-19(18(15)23(29)30-8-2)22(28)25(17(12-26)13(3)4)20(16)21(27)24-14(5)6/h10-11,13-20,26H,7-9,12H2,1-6H3,(H,24,27)/t15-,16+,17+,18-,19-,20+/m1/s1. The number of carbonyl (C=O) groups is 3. The molecule has 6 atom stereocenters. The average Bonchev–Trinajstić information content (AvgIpc) is 2.95. The summed E-state index contributed by atoms with van der Waals surface area (Å²) >= 11 is 0. The van der Waals surface area contributed by atoms with Gasteiger partial charge in [0.2, 0.25) is 11.8 Å². The zero-order valence-corrected chi connectivity index (χ0v) is 19.1. The van der Waals surface area contributed by atoms with Gasteiger partial charge in [-0.05, 0) is 39.0 Å². The zero-order valence-electron chi connectivity index (χ0n) is 19.1. The van der Waals surface area contributed by atoms with Crippen LogP contribution in [0.2, 0.25) is 0 Å². The summed E-state index contributed by atoms with van der Waals surface area (Å²) in [6, 6.07) is -1.33. The molecule has 7 nitrogen and oxygen atoms in total. The predicted molar refractivity (Wildman–Crippen MR) is 114 cm³/mol. The Kier molecular flexibility index (Phi) is 8.47. The summed E-state index contributed by atoms with van der Waals surface area (Å²) in [5.41, 5.74) is 0. The Morgan fingerprint density at radius 1 is 1.20 bits per heavy atom. The van der Waals surface area contributed by atoms with E-state index in [0.717, 1.165) is 12.8 Å². The van der Waals surface area contributed by atoms with Gasteiger partial charge in [-0.3, -0.25) is 14.4 Å². The fourth-order valence-electron chi connectivity index (χ4n) is 4.96. The molecule has 0 unspecified atom stereocenters. The minimum Gasteiger partial charge on any atom is -0.466 e. The smallest absolute Gasteiger partial charge is 0.310 e. The van der Waals surface area contributed by atoms with E-state index in [1.807, 2.05) is 46.8 Å². The monoisotopic (exact) mass is 422 g/mol. The van der Waals surface area contributed by atoms with Crippen molar-refractivity contribution in [2.45, 2.75) is 72.5 Å². The molecule has 0 aromatic heterocycles. The van der Waals surface area contributed by atoms with Crippen molar-refractivity contribution < 1.29 is 24.2 Å². The van der Waals surface area contributed by atoms with Crippen molar-refractivity contribution in [3.8, 4) is 0 Å². The molecule has 2 N–H and O–H groups in total. The second-order valence-electron chi connectivity index (χ2n) is 9.07. The Balaban J connectivity index is 2.55. The van der Waals surface area contributed by atoms with Gasteiger partial charge >= 0.3 is 5.97 Å². The van der Waals surface area contributed by atoms with Gasteiger partial charge in [0.05, 0.1) is 31.1 Å². The first-order valence-corrected chi connectivity index (χ1v) is 11.3. The Morgan fingerprint density at radius 3 is 2.37 bits per heavy atom. The highest BCUT2D eigenvalue weighted by atomic mass is 16.5. The third kappa shape index (κ3) is 4.71. The van der Waals surface area contributed by atoms with Crippen LogP contribution in [0.3, 0.4) is 0 Å². The molecule has 0 bridgehead atoms. The van der Waals surface area contributed by atoms with E-state index < -0.39 is 29.8 Å². The van der Waals surface area contributed by atoms with E-state index in [4.69, 9.17) is 4.74 Å². The topological polar surface area (TPSA) is 95.9 Å². The molecule has 1 fully saturated rings. The maximum atomic E-state index is 13.7. The maximum absolute atomic E-state index is 13.7. The van der Waals surface area contributed by atoms with Gasteiger partial charge in [0, 0.05) is 12.0 Å². The largest absolute Gasteiger partial charge is 0.466 e. The summed E-state index contributed by atoms with van der Waals surface area (Å²) < 4.78 is 5.35. The summed E-state index contributed by atoms with van der Waals surface area (Å²) in [5.74, 6) is -2.68. The number of esters is 1. The van der Waals surface area contributed by atoms with Crippen LogP contribution in [0.5, 0.6) is 0 Å². The van der Waals surface area contributed by atoms with Crippen molar-refractivity contribution in [3.05, 3.63) is 12.2 Å². The van der Waals surface area contributed by atoms with Gasteiger partial charge in [0.15, 0.2) is 0 Å². The van der Waals surface area contributed by atoms with Crippen LogP contribution in [0.15, 0.2) is 12.2 Å². The van der Waals surface area contributed by atoms with E-state index >= 15 is 0 Å². The Hall–Kier alpha value is -1.89. The van der Waals surface area contributed by atoms with Crippen LogP contribution in [0.25, 0.3) is 0 Å². The SMILES string of the molecule is CCC[C@@H]1C=C[C@H]2[C@@H](C(=O)N([C@@H](CO)C(C)C)[C@@H]2C(=O)NC(C)C)[C@@H]1C(=O)OCC. The molecule has 2 rings (SSSR count). The van der Waals surface area contributed by atoms with Gasteiger partial charge in [-0.15, -0.1) is 0 Å². The van der Waals surface area contributed by atoms with Gasteiger partial charge in [-0.2, -0.15) is 0 Å². The van der Waals surface area contributed by atoms with E-state index in [2.05, 4.69) is 5.32 Å². The lowest BCUT2D eigenvalue weighted by molar-refractivity contribution is -0.156. The van der Waals surface area contributed by atoms with E-state index in [-0.39, 0.29) is 48.9 Å². The summed E-state index contributed by atoms with van der Waals surface area (Å²) in [7, 11) is 0. The summed E-state index contributed by atoms with van der Waals surface area (Å²) in [6.45, 7) is 11.4. The number of carbonyl (C=O) groups excluding carboxylic acids is 3. The molecule has 2 aliphatic rings. The quantitative estimate of drug-likeness (QED) is 0.438. The van der Waals surface area contributed by atoms with Crippen LogP contribution >= 0.6 is 0 Å². The lowest BCUT2D eigenvalue weighted by Crippen LogP contribution is -2.54. The van der Waals surface area contributed by atoms with Crippen molar-refractivity contribution in [2.24, 2.45) is 29.6 Å². The molecule has 30 heavy (non-hydrogen) atoms. The minimum absolute atomic E-state index is 0.0371. The lowest BCUT2D eigenvalue weighted by Gasteiger charge is -2.35. The van der Waals surface area contributed by atoms with E-state index in [1.165, 1.54) is 0 Å². The average molecular weight is 423 g/mol. The number of allylic oxidation sites excluding steroid dienone is 1. The van der Waals surface area contributed by atoms with Crippen LogP contribution in [-0.2, 0) is 19.1 Å². The molecule has 7 heteroatoms. The van der Waals surface area contributed by atoms with Gasteiger partial charge in [0.1, 0.15) is 6.04 Å². The molecule has 0 spiro atoms. The second-order valence-corrected chi connectivity index (χ2v) is 9.07. The first-order valence-electron chi connectivity index (χ1n) is 11.3. The van der Waals surface area contributed by atoms with Crippen molar-refractivity contribution in [3.63, 3.8) is 0 Å². The number of aliphatic hydroxyl groups excluding tert-OH is 1. The first kappa shape index (κ1) is 24.4. The zero-order chi connectivity index (χ0) is 22.6. The number of amides is 2. The van der Waals surface area contributed by atoms with Crippen LogP contribution in [0.1, 0.15) is 54.4 Å². The molecule has 0 aromatic carbocycles. The van der Waals surface area contributed by atoms with Crippen LogP contribution < -0.4 is 5.32 Å². The number of ether oxygens (including phenoxy) is 1. The van der Waals surface area contributed by atoms with E-state index in [1.54, 1.807) is 11.8 Å². The highest BCUT2D eigenvalue weighted by molar-refractivity contribution is 5.96. The number of hydrogen-bond acceptors (Lipinski definition) is 5. The molecule has 0 radical (unpaired) electrons. The Morgan fingerprint density at radius 2 is 1.87 bits per heavy atom. The third-order valence-corrected chi connectivity index (χ3v) is 6.24. The number of aliphatic hydroxyl groups is 1. The fourth-order valence-corrected chi connectivity index (χ4v) is 4.96. The molecule has 0 saturated carbocycles. The molecular weight excluding hydrogens is 384 g/mol. The van der Waals surface area contributed by atoms with Gasteiger partial charge < -0.3 is 20.1 Å². The van der Waals surface area contributed by atoms with Crippen LogP contribution in [-0.4, -0.2) is 59.1 Å². The number of likely N-dealkylation sites (tertiary alicyclic amines) is 1. The van der Waals surface area contributed by atoms with Crippen molar-refractivity contribution in [1.82, 2.24) is 10.2 Å². The van der Waals surface area contributed by atoms with E-state index in [0.29, 0.717) is 0 Å². The second kappa shape index (κ2) is 10.4. The maximum Gasteiger partial charge on any atom is 0.310 e. The van der Waals surface area contributed by atoms with Crippen molar-refractivity contribution in [2.75, 3.05) is 13.2 Å². The molecule has 2 amide bonds. The number of rotatable bonds is 9. The normalized spacial score (nSPS) is 29.3. The Labute approximate surface area is 180 Å².